The monoisotopic (exact) mass is 184 g/mol. The maximum atomic E-state index is 11.5. The predicted octanol–water partition coefficient (Wildman–Crippen LogP) is 1.80. The molecule has 1 heterocycles. The molecule has 0 atom stereocenters. The normalized spacial score (nSPS) is 27.0. The van der Waals surface area contributed by atoms with Gasteiger partial charge in [0.25, 0.3) is 0 Å². The van der Waals surface area contributed by atoms with Gasteiger partial charge in [-0.15, -0.1) is 0 Å². The Bertz CT molecular complexity index is 347. The van der Waals surface area contributed by atoms with Gasteiger partial charge in [-0.3, -0.25) is 0 Å². The second kappa shape index (κ2) is 2.73. The summed E-state index contributed by atoms with van der Waals surface area (Å²) in [4.78, 5) is 0.625. The van der Waals surface area contributed by atoms with Crippen molar-refractivity contribution in [2.24, 2.45) is 0 Å². The summed E-state index contributed by atoms with van der Waals surface area (Å²) in [5.41, 5.74) is 1.06. The van der Waals surface area contributed by atoms with Crippen molar-refractivity contribution in [1.82, 2.24) is 0 Å². The lowest BCUT2D eigenvalue weighted by molar-refractivity contribution is 0.594. The van der Waals surface area contributed by atoms with Gasteiger partial charge in [-0.25, -0.2) is 8.42 Å². The Morgan fingerprint density at radius 1 is 1.17 bits per heavy atom. The molecule has 0 saturated carbocycles. The highest BCUT2D eigenvalue weighted by Gasteiger charge is 2.26. The van der Waals surface area contributed by atoms with Crippen molar-refractivity contribution in [3.8, 4) is 0 Å². The standard InChI is InChI=1S/C9H12O2S/c10-12(11)7-3-5-8-4-1-2-6-9(8)12/h4,6H,1-3,5,7H2. The fourth-order valence-corrected chi connectivity index (χ4v) is 3.52. The summed E-state index contributed by atoms with van der Waals surface area (Å²) in [6, 6.07) is 0. The zero-order valence-corrected chi connectivity index (χ0v) is 7.73. The Morgan fingerprint density at radius 2 is 1.92 bits per heavy atom. The third-order valence-electron chi connectivity index (χ3n) is 2.40. The first-order valence-electron chi connectivity index (χ1n) is 4.32. The quantitative estimate of drug-likeness (QED) is 0.575. The first-order chi connectivity index (χ1) is 5.70. The molecule has 2 nitrogen and oxygen atoms in total. The van der Waals surface area contributed by atoms with Gasteiger partial charge in [0, 0.05) is 0 Å². The molecule has 0 aromatic carbocycles. The Morgan fingerprint density at radius 3 is 2.67 bits per heavy atom. The highest BCUT2D eigenvalue weighted by molar-refractivity contribution is 7.95. The summed E-state index contributed by atoms with van der Waals surface area (Å²) < 4.78 is 23.0. The molecule has 0 aromatic rings. The minimum Gasteiger partial charge on any atom is -0.224 e. The minimum atomic E-state index is -2.89. The minimum absolute atomic E-state index is 0.343. The number of hydrogen-bond acceptors (Lipinski definition) is 2. The van der Waals surface area contributed by atoms with E-state index in [1.54, 1.807) is 0 Å². The topological polar surface area (TPSA) is 34.1 Å². The zero-order chi connectivity index (χ0) is 8.60. The Labute approximate surface area is 72.9 Å². The van der Waals surface area contributed by atoms with E-state index in [2.05, 4.69) is 6.08 Å². The van der Waals surface area contributed by atoms with Crippen LogP contribution in [0.1, 0.15) is 25.7 Å². The Balaban J connectivity index is 2.46. The van der Waals surface area contributed by atoms with Crippen molar-refractivity contribution in [2.45, 2.75) is 25.7 Å². The fraction of sp³-hybridized carbons (Fsp3) is 0.556. The van der Waals surface area contributed by atoms with E-state index < -0.39 is 9.84 Å². The number of hydrogen-bond donors (Lipinski definition) is 0. The molecule has 0 unspecified atom stereocenters. The summed E-state index contributed by atoms with van der Waals surface area (Å²) in [7, 11) is -2.89. The van der Waals surface area contributed by atoms with E-state index in [4.69, 9.17) is 0 Å². The van der Waals surface area contributed by atoms with Crippen molar-refractivity contribution in [3.63, 3.8) is 0 Å². The molecule has 1 aliphatic carbocycles. The van der Waals surface area contributed by atoms with Crippen LogP contribution in [-0.4, -0.2) is 14.2 Å². The molecule has 1 saturated heterocycles. The molecular formula is C9H12O2S. The Kier molecular flexibility index (Phi) is 1.83. The number of rotatable bonds is 0. The van der Waals surface area contributed by atoms with E-state index in [0.29, 0.717) is 10.7 Å². The molecule has 0 N–H and O–H groups in total. The van der Waals surface area contributed by atoms with E-state index in [9.17, 15) is 8.42 Å². The fourth-order valence-electron chi connectivity index (χ4n) is 1.82. The molecule has 1 aliphatic heterocycles. The lowest BCUT2D eigenvalue weighted by atomic mass is 10.0. The summed E-state index contributed by atoms with van der Waals surface area (Å²) in [6.07, 6.45) is 7.60. The molecule has 1 fully saturated rings. The van der Waals surface area contributed by atoms with Gasteiger partial charge in [-0.1, -0.05) is 12.2 Å². The van der Waals surface area contributed by atoms with Crippen LogP contribution in [0.5, 0.6) is 0 Å². The van der Waals surface area contributed by atoms with Gasteiger partial charge in [0.05, 0.1) is 10.7 Å². The van der Waals surface area contributed by atoms with Crippen LogP contribution < -0.4 is 0 Å². The number of sulfone groups is 1. The van der Waals surface area contributed by atoms with E-state index in [1.165, 1.54) is 0 Å². The summed E-state index contributed by atoms with van der Waals surface area (Å²) in [5.74, 6) is 0.343. The van der Waals surface area contributed by atoms with Gasteiger partial charge in [-0.05, 0) is 31.3 Å². The van der Waals surface area contributed by atoms with Crippen molar-refractivity contribution in [1.29, 1.82) is 0 Å². The molecule has 2 rings (SSSR count). The van der Waals surface area contributed by atoms with Crippen LogP contribution in [-0.2, 0) is 9.84 Å². The van der Waals surface area contributed by atoms with Crippen LogP contribution in [0.4, 0.5) is 0 Å². The zero-order valence-electron chi connectivity index (χ0n) is 6.91. The molecular weight excluding hydrogens is 172 g/mol. The van der Waals surface area contributed by atoms with Crippen molar-refractivity contribution >= 4 is 9.84 Å². The van der Waals surface area contributed by atoms with E-state index >= 15 is 0 Å². The average molecular weight is 184 g/mol. The van der Waals surface area contributed by atoms with Crippen LogP contribution >= 0.6 is 0 Å². The number of fused-ring (bicyclic) bond motifs is 1. The maximum Gasteiger partial charge on any atom is 0.178 e. The first kappa shape index (κ1) is 8.05. The SMILES string of the molecule is O=S1(=O)CCCC2=CCCC=C21. The van der Waals surface area contributed by atoms with E-state index in [-0.39, 0.29) is 0 Å². The number of allylic oxidation sites excluding steroid dienone is 3. The second-order valence-corrected chi connectivity index (χ2v) is 5.38. The van der Waals surface area contributed by atoms with Crippen LogP contribution in [0.3, 0.4) is 0 Å². The third kappa shape index (κ3) is 1.22. The van der Waals surface area contributed by atoms with E-state index in [1.807, 2.05) is 6.08 Å². The lowest BCUT2D eigenvalue weighted by Crippen LogP contribution is -2.18. The van der Waals surface area contributed by atoms with E-state index in [0.717, 1.165) is 31.3 Å². The van der Waals surface area contributed by atoms with Gasteiger partial charge in [0.15, 0.2) is 9.84 Å². The Hall–Kier alpha value is -0.570. The highest BCUT2D eigenvalue weighted by atomic mass is 32.2. The molecule has 0 amide bonds. The smallest absolute Gasteiger partial charge is 0.178 e. The third-order valence-corrected chi connectivity index (χ3v) is 4.32. The summed E-state index contributed by atoms with van der Waals surface area (Å²) >= 11 is 0. The molecule has 66 valence electrons. The van der Waals surface area contributed by atoms with Gasteiger partial charge < -0.3 is 0 Å². The molecule has 0 spiro atoms. The summed E-state index contributed by atoms with van der Waals surface area (Å²) in [6.45, 7) is 0. The van der Waals surface area contributed by atoms with Crippen LogP contribution in [0, 0.1) is 0 Å². The van der Waals surface area contributed by atoms with Gasteiger partial charge in [0.1, 0.15) is 0 Å². The highest BCUT2D eigenvalue weighted by Crippen LogP contribution is 2.32. The molecule has 0 aromatic heterocycles. The first-order valence-corrected chi connectivity index (χ1v) is 5.98. The molecule has 3 heteroatoms. The van der Waals surface area contributed by atoms with Crippen molar-refractivity contribution < 1.29 is 8.42 Å². The molecule has 2 aliphatic rings. The van der Waals surface area contributed by atoms with Gasteiger partial charge >= 0.3 is 0 Å². The maximum absolute atomic E-state index is 11.5. The molecule has 0 bridgehead atoms. The van der Waals surface area contributed by atoms with Crippen molar-refractivity contribution in [3.05, 3.63) is 22.6 Å². The molecule has 12 heavy (non-hydrogen) atoms. The second-order valence-electron chi connectivity index (χ2n) is 3.30. The summed E-state index contributed by atoms with van der Waals surface area (Å²) in [5, 5.41) is 0. The van der Waals surface area contributed by atoms with Gasteiger partial charge in [0.2, 0.25) is 0 Å². The van der Waals surface area contributed by atoms with Crippen LogP contribution in [0.25, 0.3) is 0 Å². The van der Waals surface area contributed by atoms with Crippen molar-refractivity contribution in [2.75, 3.05) is 5.75 Å². The average Bonchev–Trinajstić information content (AvgIpc) is 2.04. The predicted molar refractivity (Wildman–Crippen MR) is 48.4 cm³/mol. The largest absolute Gasteiger partial charge is 0.224 e. The lowest BCUT2D eigenvalue weighted by Gasteiger charge is -2.21. The van der Waals surface area contributed by atoms with Crippen LogP contribution in [0.15, 0.2) is 22.6 Å². The molecule has 0 radical (unpaired) electrons. The van der Waals surface area contributed by atoms with Gasteiger partial charge in [-0.2, -0.15) is 0 Å². The van der Waals surface area contributed by atoms with Crippen LogP contribution in [0.2, 0.25) is 0 Å².